The summed E-state index contributed by atoms with van der Waals surface area (Å²) in [5.41, 5.74) is -1.03. The van der Waals surface area contributed by atoms with E-state index in [1.807, 2.05) is 6.92 Å². The molecule has 42 heavy (non-hydrogen) atoms. The average molecular weight is 689 g/mol. The molecule has 3 rings (SSSR count). The van der Waals surface area contributed by atoms with Crippen molar-refractivity contribution in [1.82, 2.24) is 10.2 Å². The van der Waals surface area contributed by atoms with Crippen LogP contribution >= 0.6 is 27.5 Å². The minimum atomic E-state index is -4.88. The van der Waals surface area contributed by atoms with E-state index >= 15 is 0 Å². The van der Waals surface area contributed by atoms with E-state index in [1.165, 1.54) is 36.1 Å². The average Bonchev–Trinajstić information content (AvgIpc) is 2.94. The Balaban J connectivity index is 2.11. The predicted octanol–water partition coefficient (Wildman–Crippen LogP) is 6.65. The molecule has 0 saturated heterocycles. The van der Waals surface area contributed by atoms with E-state index in [0.717, 1.165) is 16.6 Å². The van der Waals surface area contributed by atoms with Crippen molar-refractivity contribution in [1.29, 1.82) is 0 Å². The van der Waals surface area contributed by atoms with E-state index in [0.29, 0.717) is 22.4 Å². The maximum atomic E-state index is 13.9. The maximum Gasteiger partial charge on any atom is 0.417 e. The van der Waals surface area contributed by atoms with E-state index in [2.05, 4.69) is 21.2 Å². The van der Waals surface area contributed by atoms with Gasteiger partial charge in [0.15, 0.2) is 0 Å². The van der Waals surface area contributed by atoms with Crippen LogP contribution in [0, 0.1) is 0 Å². The molecular formula is C29H30BrClF3N3O4S. The maximum absolute atomic E-state index is 13.9. The predicted molar refractivity (Wildman–Crippen MR) is 159 cm³/mol. The first-order valence-electron chi connectivity index (χ1n) is 12.9. The Labute approximate surface area is 256 Å². The van der Waals surface area contributed by atoms with Gasteiger partial charge in [0.25, 0.3) is 10.0 Å². The molecular weight excluding hydrogens is 659 g/mol. The number of hydrogen-bond donors (Lipinski definition) is 1. The summed E-state index contributed by atoms with van der Waals surface area (Å²) in [4.78, 5) is 28.0. The zero-order valence-corrected chi connectivity index (χ0v) is 26.2. The van der Waals surface area contributed by atoms with E-state index in [-0.39, 0.29) is 17.5 Å². The number of nitrogens with zero attached hydrogens (tertiary/aromatic N) is 2. The first kappa shape index (κ1) is 33.4. The van der Waals surface area contributed by atoms with Gasteiger partial charge in [-0.2, -0.15) is 13.2 Å². The molecule has 7 nitrogen and oxygen atoms in total. The minimum Gasteiger partial charge on any atom is -0.352 e. The van der Waals surface area contributed by atoms with Gasteiger partial charge in [0, 0.05) is 17.1 Å². The van der Waals surface area contributed by atoms with E-state index in [4.69, 9.17) is 11.6 Å². The highest BCUT2D eigenvalue weighted by Gasteiger charge is 2.37. The number of carbonyl (C=O) groups excluding carboxylic acids is 2. The lowest BCUT2D eigenvalue weighted by atomic mass is 10.1. The Bertz CT molecular complexity index is 1520. The van der Waals surface area contributed by atoms with Crippen LogP contribution in [-0.2, 0) is 32.3 Å². The summed E-state index contributed by atoms with van der Waals surface area (Å²) in [5.74, 6) is -1.26. The van der Waals surface area contributed by atoms with Crippen molar-refractivity contribution in [3.05, 3.63) is 93.4 Å². The Kier molecular flexibility index (Phi) is 11.1. The number of benzene rings is 3. The van der Waals surface area contributed by atoms with Crippen LogP contribution in [0.4, 0.5) is 18.9 Å². The van der Waals surface area contributed by atoms with E-state index in [9.17, 15) is 31.2 Å². The molecule has 0 aliphatic carbocycles. The van der Waals surface area contributed by atoms with E-state index < -0.39 is 56.9 Å². The largest absolute Gasteiger partial charge is 0.417 e. The molecule has 13 heteroatoms. The summed E-state index contributed by atoms with van der Waals surface area (Å²) in [5, 5.41) is 2.20. The zero-order chi connectivity index (χ0) is 31.2. The topological polar surface area (TPSA) is 86.8 Å². The third-order valence-electron chi connectivity index (χ3n) is 6.56. The highest BCUT2D eigenvalue weighted by molar-refractivity contribution is 9.10. The molecule has 0 aliphatic heterocycles. The number of nitrogens with one attached hydrogen (secondary N) is 1. The van der Waals surface area contributed by atoms with Gasteiger partial charge >= 0.3 is 6.18 Å². The molecule has 2 amide bonds. The van der Waals surface area contributed by atoms with Gasteiger partial charge in [-0.15, -0.1) is 0 Å². The Hall–Kier alpha value is -3.09. The van der Waals surface area contributed by atoms with Crippen molar-refractivity contribution in [3.8, 4) is 0 Å². The molecule has 0 aliphatic rings. The van der Waals surface area contributed by atoms with Crippen molar-refractivity contribution in [2.45, 2.75) is 56.9 Å². The number of halogens is 5. The molecule has 0 unspecified atom stereocenters. The fourth-order valence-corrected chi connectivity index (χ4v) is 6.11. The molecule has 3 aromatic rings. The highest BCUT2D eigenvalue weighted by atomic mass is 79.9. The number of hydrogen-bond acceptors (Lipinski definition) is 4. The van der Waals surface area contributed by atoms with Crippen molar-refractivity contribution in [3.63, 3.8) is 0 Å². The second-order valence-corrected chi connectivity index (χ2v) is 12.8. The van der Waals surface area contributed by atoms with Crippen molar-refractivity contribution >= 4 is 55.1 Å². The van der Waals surface area contributed by atoms with Gasteiger partial charge in [-0.3, -0.25) is 13.9 Å². The molecule has 0 spiro atoms. The summed E-state index contributed by atoms with van der Waals surface area (Å²) in [7, 11) is -4.54. The number of carbonyl (C=O) groups is 2. The van der Waals surface area contributed by atoms with Crippen LogP contribution in [0.3, 0.4) is 0 Å². The monoisotopic (exact) mass is 687 g/mol. The Morgan fingerprint density at radius 3 is 2.26 bits per heavy atom. The van der Waals surface area contributed by atoms with Gasteiger partial charge in [-0.05, 0) is 68.3 Å². The lowest BCUT2D eigenvalue weighted by molar-refractivity contribution is -0.139. The van der Waals surface area contributed by atoms with Crippen molar-refractivity contribution in [2.75, 3.05) is 10.8 Å². The summed E-state index contributed by atoms with van der Waals surface area (Å²) in [6.45, 7) is 4.24. The van der Waals surface area contributed by atoms with Crippen molar-refractivity contribution in [2.24, 2.45) is 0 Å². The molecule has 1 N–H and O–H groups in total. The first-order valence-corrected chi connectivity index (χ1v) is 15.5. The number of anilines is 1. The quantitative estimate of drug-likeness (QED) is 0.245. The summed E-state index contributed by atoms with van der Waals surface area (Å²) < 4.78 is 70.1. The third kappa shape index (κ3) is 8.26. The van der Waals surface area contributed by atoms with Gasteiger partial charge in [-0.25, -0.2) is 8.42 Å². The normalized spacial score (nSPS) is 13.2. The van der Waals surface area contributed by atoms with Gasteiger partial charge in [0.05, 0.1) is 21.2 Å². The third-order valence-corrected chi connectivity index (χ3v) is 9.17. The molecule has 0 fully saturated rings. The lowest BCUT2D eigenvalue weighted by Gasteiger charge is -2.32. The molecule has 2 atom stereocenters. The minimum absolute atomic E-state index is 0.0684. The van der Waals surface area contributed by atoms with Gasteiger partial charge in [0.1, 0.15) is 12.6 Å². The molecule has 0 heterocycles. The second-order valence-electron chi connectivity index (χ2n) is 9.63. The summed E-state index contributed by atoms with van der Waals surface area (Å²) in [6, 6.07) is 15.4. The highest BCUT2D eigenvalue weighted by Crippen LogP contribution is 2.38. The van der Waals surface area contributed by atoms with Crippen LogP contribution in [0.25, 0.3) is 0 Å². The van der Waals surface area contributed by atoms with E-state index in [1.54, 1.807) is 37.3 Å². The molecule has 0 aromatic heterocycles. The molecule has 0 radical (unpaired) electrons. The SMILES string of the molecule is CC[C@H](C)NC(=O)[C@@H](C)N(Cc1cccc(Br)c1)C(=O)CN(c1ccc(Cl)c(C(F)(F)F)c1)S(=O)(=O)c1ccccc1. The summed E-state index contributed by atoms with van der Waals surface area (Å²) >= 11 is 9.17. The fourth-order valence-electron chi connectivity index (χ4n) is 4.01. The number of sulfonamides is 1. The van der Waals surface area contributed by atoms with Crippen LogP contribution in [0.5, 0.6) is 0 Å². The molecule has 3 aromatic carbocycles. The molecule has 226 valence electrons. The Morgan fingerprint density at radius 1 is 1.00 bits per heavy atom. The second kappa shape index (κ2) is 13.9. The smallest absolute Gasteiger partial charge is 0.352 e. The lowest BCUT2D eigenvalue weighted by Crippen LogP contribution is -2.52. The molecule has 0 saturated carbocycles. The number of amides is 2. The van der Waals surface area contributed by atoms with Crippen LogP contribution in [0.1, 0.15) is 38.3 Å². The summed E-state index contributed by atoms with van der Waals surface area (Å²) in [6.07, 6.45) is -4.24. The van der Waals surface area contributed by atoms with Crippen molar-refractivity contribution < 1.29 is 31.2 Å². The van der Waals surface area contributed by atoms with Gasteiger partial charge in [0.2, 0.25) is 11.8 Å². The fraction of sp³-hybridized carbons (Fsp3) is 0.310. The molecule has 0 bridgehead atoms. The van der Waals surface area contributed by atoms with Crippen LogP contribution < -0.4 is 9.62 Å². The van der Waals surface area contributed by atoms with Crippen LogP contribution in [0.15, 0.2) is 82.2 Å². The number of rotatable bonds is 11. The van der Waals surface area contributed by atoms with Gasteiger partial charge < -0.3 is 10.2 Å². The Morgan fingerprint density at radius 2 is 1.67 bits per heavy atom. The standard InChI is InChI=1S/C29H30BrClF3N3O4S/c1-4-19(2)35-28(39)20(3)36(17-21-9-8-10-22(30)15-21)27(38)18-37(42(40,41)24-11-6-5-7-12-24)23-13-14-26(31)25(16-23)29(32,33)34/h5-16,19-20H,4,17-18H2,1-3H3,(H,35,39)/t19-,20+/m0/s1. The number of alkyl halides is 3. The zero-order valence-electron chi connectivity index (χ0n) is 23.0. The van der Waals surface area contributed by atoms with Crippen LogP contribution in [-0.4, -0.2) is 43.8 Å². The first-order chi connectivity index (χ1) is 19.6. The van der Waals surface area contributed by atoms with Gasteiger partial charge in [-0.1, -0.05) is 64.8 Å². The van der Waals surface area contributed by atoms with Crippen LogP contribution in [0.2, 0.25) is 5.02 Å².